The molecule has 0 radical (unpaired) electrons. The van der Waals surface area contributed by atoms with Crippen molar-refractivity contribution in [2.45, 2.75) is 26.7 Å². The number of ketones is 1. The van der Waals surface area contributed by atoms with Crippen molar-refractivity contribution in [1.29, 1.82) is 0 Å². The topological polar surface area (TPSA) is 95.4 Å². The first-order valence-corrected chi connectivity index (χ1v) is 5.71. The second-order valence-corrected chi connectivity index (χ2v) is 4.13. The minimum absolute atomic E-state index is 0.219. The molecule has 0 fully saturated rings. The van der Waals surface area contributed by atoms with Crippen molar-refractivity contribution in [3.63, 3.8) is 0 Å². The molecule has 0 saturated carbocycles. The van der Waals surface area contributed by atoms with E-state index < -0.39 is 11.9 Å². The average molecular weight is 250 g/mol. The second-order valence-electron chi connectivity index (χ2n) is 4.13. The Hall–Kier alpha value is -2.04. The van der Waals surface area contributed by atoms with Crippen LogP contribution < -0.4 is 11.5 Å². The summed E-state index contributed by atoms with van der Waals surface area (Å²) in [5, 5.41) is 0. The van der Waals surface area contributed by atoms with Crippen LogP contribution in [0, 0.1) is 6.92 Å². The summed E-state index contributed by atoms with van der Waals surface area (Å²) in [5.74, 6) is -1.87. The largest absolute Gasteiger partial charge is 0.465 e. The van der Waals surface area contributed by atoms with Crippen LogP contribution in [0.15, 0.2) is 12.1 Å². The third-order valence-electron chi connectivity index (χ3n) is 2.71. The molecule has 0 aliphatic heterocycles. The molecule has 18 heavy (non-hydrogen) atoms. The van der Waals surface area contributed by atoms with E-state index in [1.807, 2.05) is 0 Å². The molecule has 5 heteroatoms. The van der Waals surface area contributed by atoms with E-state index in [1.54, 1.807) is 26.0 Å². The number of carbonyl (C=O) groups is 2. The molecule has 4 N–H and O–H groups in total. The van der Waals surface area contributed by atoms with Crippen molar-refractivity contribution in [2.24, 2.45) is 0 Å². The number of benzene rings is 1. The van der Waals surface area contributed by atoms with Crippen LogP contribution in [-0.2, 0) is 14.3 Å². The van der Waals surface area contributed by atoms with Gasteiger partial charge in [-0.15, -0.1) is 0 Å². The average Bonchev–Trinajstić information content (AvgIpc) is 2.25. The minimum Gasteiger partial charge on any atom is -0.465 e. The fourth-order valence-electron chi connectivity index (χ4n) is 1.75. The predicted molar refractivity (Wildman–Crippen MR) is 70.1 cm³/mol. The van der Waals surface area contributed by atoms with E-state index >= 15 is 0 Å². The second kappa shape index (κ2) is 5.53. The van der Waals surface area contributed by atoms with Gasteiger partial charge in [0.25, 0.3) is 0 Å². The number of nitrogen functional groups attached to an aromatic ring is 2. The van der Waals surface area contributed by atoms with Gasteiger partial charge in [-0.25, -0.2) is 0 Å². The zero-order valence-electron chi connectivity index (χ0n) is 10.8. The summed E-state index contributed by atoms with van der Waals surface area (Å²) in [4.78, 5) is 23.4. The van der Waals surface area contributed by atoms with Crippen LogP contribution in [0.3, 0.4) is 0 Å². The van der Waals surface area contributed by atoms with Crippen LogP contribution in [0.5, 0.6) is 0 Å². The van der Waals surface area contributed by atoms with Gasteiger partial charge in [-0.3, -0.25) is 9.59 Å². The highest BCUT2D eigenvalue weighted by Gasteiger charge is 2.28. The van der Waals surface area contributed by atoms with Crippen LogP contribution >= 0.6 is 0 Å². The van der Waals surface area contributed by atoms with Crippen molar-refractivity contribution >= 4 is 23.1 Å². The number of hydrogen-bond donors (Lipinski definition) is 2. The summed E-state index contributed by atoms with van der Waals surface area (Å²) in [6.07, 6.45) is 0. The van der Waals surface area contributed by atoms with E-state index in [-0.39, 0.29) is 12.4 Å². The van der Waals surface area contributed by atoms with Gasteiger partial charge in [-0.2, -0.15) is 0 Å². The highest BCUT2D eigenvalue weighted by molar-refractivity contribution is 6.04. The van der Waals surface area contributed by atoms with Crippen molar-refractivity contribution in [3.8, 4) is 0 Å². The number of esters is 1. The molecule has 1 rings (SSSR count). The van der Waals surface area contributed by atoms with Gasteiger partial charge in [0.15, 0.2) is 0 Å². The highest BCUT2D eigenvalue weighted by atomic mass is 16.5. The van der Waals surface area contributed by atoms with E-state index in [1.165, 1.54) is 6.92 Å². The van der Waals surface area contributed by atoms with Crippen LogP contribution in [0.25, 0.3) is 0 Å². The SMILES string of the molecule is CCOC(=O)C(C(C)=O)c1cc(C)c(N)cc1N. The summed E-state index contributed by atoms with van der Waals surface area (Å²) >= 11 is 0. The summed E-state index contributed by atoms with van der Waals surface area (Å²) in [6, 6.07) is 3.22. The normalized spacial score (nSPS) is 11.9. The summed E-state index contributed by atoms with van der Waals surface area (Å²) < 4.78 is 4.90. The van der Waals surface area contributed by atoms with Crippen LogP contribution in [0.2, 0.25) is 0 Å². The van der Waals surface area contributed by atoms with Gasteiger partial charge < -0.3 is 16.2 Å². The van der Waals surface area contributed by atoms with E-state index in [0.717, 1.165) is 5.56 Å². The Morgan fingerprint density at radius 1 is 1.28 bits per heavy atom. The maximum Gasteiger partial charge on any atom is 0.321 e. The van der Waals surface area contributed by atoms with Gasteiger partial charge in [0.05, 0.1) is 6.61 Å². The zero-order valence-corrected chi connectivity index (χ0v) is 10.8. The number of Topliss-reactive ketones (excluding diaryl/α,β-unsaturated/α-hetero) is 1. The Labute approximate surface area is 106 Å². The van der Waals surface area contributed by atoms with E-state index in [4.69, 9.17) is 16.2 Å². The number of anilines is 2. The Morgan fingerprint density at radius 3 is 2.39 bits per heavy atom. The lowest BCUT2D eigenvalue weighted by Gasteiger charge is -2.16. The number of carbonyl (C=O) groups excluding carboxylic acids is 2. The lowest BCUT2D eigenvalue weighted by molar-refractivity contribution is -0.147. The molecule has 0 bridgehead atoms. The fourth-order valence-corrected chi connectivity index (χ4v) is 1.75. The lowest BCUT2D eigenvalue weighted by atomic mass is 9.92. The molecule has 0 saturated heterocycles. The number of nitrogens with two attached hydrogens (primary N) is 2. The van der Waals surface area contributed by atoms with Crippen molar-refractivity contribution < 1.29 is 14.3 Å². The van der Waals surface area contributed by atoms with Crippen molar-refractivity contribution in [3.05, 3.63) is 23.3 Å². The Balaban J connectivity index is 3.26. The maximum atomic E-state index is 11.8. The first kappa shape index (κ1) is 14.0. The van der Waals surface area contributed by atoms with E-state index in [0.29, 0.717) is 16.9 Å². The molecule has 0 aliphatic rings. The number of hydrogen-bond acceptors (Lipinski definition) is 5. The fraction of sp³-hybridized carbons (Fsp3) is 0.385. The number of aryl methyl sites for hydroxylation is 1. The molecule has 0 heterocycles. The molecular formula is C13H18N2O3. The third-order valence-corrected chi connectivity index (χ3v) is 2.71. The zero-order chi connectivity index (χ0) is 13.9. The molecule has 1 aromatic carbocycles. The highest BCUT2D eigenvalue weighted by Crippen LogP contribution is 2.28. The lowest BCUT2D eigenvalue weighted by Crippen LogP contribution is -2.23. The van der Waals surface area contributed by atoms with Crippen LogP contribution in [0.4, 0.5) is 11.4 Å². The molecule has 1 atom stereocenters. The maximum absolute atomic E-state index is 11.8. The number of rotatable bonds is 4. The summed E-state index contributed by atoms with van der Waals surface area (Å²) in [6.45, 7) is 5.04. The quantitative estimate of drug-likeness (QED) is 0.478. The third kappa shape index (κ3) is 2.80. The summed E-state index contributed by atoms with van der Waals surface area (Å²) in [7, 11) is 0. The molecule has 0 amide bonds. The van der Waals surface area contributed by atoms with Crippen molar-refractivity contribution in [2.75, 3.05) is 18.1 Å². The first-order chi connectivity index (χ1) is 8.38. The molecule has 1 unspecified atom stereocenters. The molecule has 1 aromatic rings. The van der Waals surface area contributed by atoms with Gasteiger partial charge in [0, 0.05) is 11.4 Å². The number of ether oxygens (including phenoxy) is 1. The Kier molecular flexibility index (Phi) is 4.31. The monoisotopic (exact) mass is 250 g/mol. The van der Waals surface area contributed by atoms with Gasteiger partial charge in [-0.05, 0) is 38.0 Å². The molecule has 5 nitrogen and oxygen atoms in total. The first-order valence-electron chi connectivity index (χ1n) is 5.71. The molecular weight excluding hydrogens is 232 g/mol. The standard InChI is InChI=1S/C13H18N2O3/c1-4-18-13(17)12(8(3)16)9-5-7(2)10(14)6-11(9)15/h5-6,12H,4,14-15H2,1-3H3. The van der Waals surface area contributed by atoms with Crippen LogP contribution in [-0.4, -0.2) is 18.4 Å². The molecule has 98 valence electrons. The van der Waals surface area contributed by atoms with E-state index in [2.05, 4.69) is 0 Å². The van der Waals surface area contributed by atoms with E-state index in [9.17, 15) is 9.59 Å². The van der Waals surface area contributed by atoms with Crippen molar-refractivity contribution in [1.82, 2.24) is 0 Å². The van der Waals surface area contributed by atoms with Gasteiger partial charge in [0.1, 0.15) is 11.7 Å². The molecule has 0 spiro atoms. The predicted octanol–water partition coefficient (Wildman–Crippen LogP) is 1.40. The molecule has 0 aromatic heterocycles. The smallest absolute Gasteiger partial charge is 0.321 e. The van der Waals surface area contributed by atoms with Gasteiger partial charge in [0.2, 0.25) is 0 Å². The minimum atomic E-state index is -0.982. The molecule has 0 aliphatic carbocycles. The Bertz CT molecular complexity index is 483. The van der Waals surface area contributed by atoms with Gasteiger partial charge >= 0.3 is 5.97 Å². The Morgan fingerprint density at radius 2 is 1.89 bits per heavy atom. The van der Waals surface area contributed by atoms with Crippen LogP contribution in [0.1, 0.15) is 30.9 Å². The summed E-state index contributed by atoms with van der Waals surface area (Å²) in [5.41, 5.74) is 13.6. The van der Waals surface area contributed by atoms with Gasteiger partial charge in [-0.1, -0.05) is 6.07 Å².